The molecule has 0 aliphatic carbocycles. The van der Waals surface area contributed by atoms with Crippen LogP contribution in [0.15, 0.2) is 24.3 Å². The Morgan fingerprint density at radius 2 is 2.05 bits per heavy atom. The number of likely N-dealkylation sites (N-methyl/N-ethyl adjacent to an activating group) is 1. The molecule has 20 heavy (non-hydrogen) atoms. The Morgan fingerprint density at radius 3 is 2.75 bits per heavy atom. The van der Waals surface area contributed by atoms with Crippen LogP contribution >= 0.6 is 11.3 Å². The largest absolute Gasteiger partial charge is 0.416 e. The number of hydrogen-bond acceptors (Lipinski definition) is 4. The molecule has 1 N–H and O–H groups in total. The molecule has 0 saturated carbocycles. The summed E-state index contributed by atoms with van der Waals surface area (Å²) in [5, 5.41) is 12.5. The van der Waals surface area contributed by atoms with Crippen molar-refractivity contribution in [2.45, 2.75) is 19.5 Å². The average Bonchev–Trinajstić information content (AvgIpc) is 2.87. The zero-order valence-corrected chi connectivity index (χ0v) is 11.7. The lowest BCUT2D eigenvalue weighted by Crippen LogP contribution is -2.15. The molecule has 0 spiro atoms. The number of nitrogens with one attached hydrogen (secondary N) is 1. The SMILES string of the molecule is CCNCCc1nnc(-c2cccc(C(F)(F)F)c2)s1. The second kappa shape index (κ2) is 6.32. The van der Waals surface area contributed by atoms with Gasteiger partial charge in [-0.1, -0.05) is 30.4 Å². The van der Waals surface area contributed by atoms with Gasteiger partial charge in [-0.25, -0.2) is 0 Å². The third kappa shape index (κ3) is 3.77. The molecule has 0 fully saturated rings. The molecular weight excluding hydrogens is 287 g/mol. The summed E-state index contributed by atoms with van der Waals surface area (Å²) in [6.45, 7) is 3.67. The Kier molecular flexibility index (Phi) is 4.72. The number of rotatable bonds is 5. The fourth-order valence-corrected chi connectivity index (χ4v) is 2.51. The number of halogens is 3. The van der Waals surface area contributed by atoms with E-state index in [0.29, 0.717) is 10.6 Å². The molecule has 1 aromatic heterocycles. The molecule has 1 heterocycles. The third-order valence-electron chi connectivity index (χ3n) is 2.67. The van der Waals surface area contributed by atoms with E-state index < -0.39 is 11.7 Å². The summed E-state index contributed by atoms with van der Waals surface area (Å²) in [4.78, 5) is 0. The van der Waals surface area contributed by atoms with Gasteiger partial charge in [-0.15, -0.1) is 10.2 Å². The van der Waals surface area contributed by atoms with Gasteiger partial charge in [0, 0.05) is 18.5 Å². The molecule has 0 radical (unpaired) electrons. The lowest BCUT2D eigenvalue weighted by atomic mass is 10.1. The molecule has 0 amide bonds. The van der Waals surface area contributed by atoms with Crippen molar-refractivity contribution in [3.63, 3.8) is 0 Å². The zero-order valence-electron chi connectivity index (χ0n) is 10.9. The van der Waals surface area contributed by atoms with Crippen LogP contribution in [0.4, 0.5) is 13.2 Å². The van der Waals surface area contributed by atoms with E-state index in [1.807, 2.05) is 6.92 Å². The molecule has 2 rings (SSSR count). The Hall–Kier alpha value is -1.47. The minimum Gasteiger partial charge on any atom is -0.317 e. The third-order valence-corrected chi connectivity index (χ3v) is 3.70. The summed E-state index contributed by atoms with van der Waals surface area (Å²) in [5.41, 5.74) is -0.216. The van der Waals surface area contributed by atoms with E-state index in [9.17, 15) is 13.2 Å². The Balaban J connectivity index is 2.16. The quantitative estimate of drug-likeness (QED) is 0.860. The molecule has 0 atom stereocenters. The number of alkyl halides is 3. The zero-order chi connectivity index (χ0) is 14.6. The van der Waals surface area contributed by atoms with Crippen LogP contribution in [0.3, 0.4) is 0 Å². The van der Waals surface area contributed by atoms with Crippen LogP contribution in [0.2, 0.25) is 0 Å². The van der Waals surface area contributed by atoms with Crippen LogP contribution in [0.1, 0.15) is 17.5 Å². The minimum absolute atomic E-state index is 0.451. The molecule has 108 valence electrons. The first-order valence-corrected chi connectivity index (χ1v) is 7.03. The van der Waals surface area contributed by atoms with Crippen LogP contribution in [0.25, 0.3) is 10.6 Å². The summed E-state index contributed by atoms with van der Waals surface area (Å²) < 4.78 is 38.0. The fourth-order valence-electron chi connectivity index (χ4n) is 1.67. The standard InChI is InChI=1S/C13H14F3N3S/c1-2-17-7-6-11-18-19-12(20-11)9-4-3-5-10(8-9)13(14,15)16/h3-5,8,17H,2,6-7H2,1H3. The summed E-state index contributed by atoms with van der Waals surface area (Å²) >= 11 is 1.33. The van der Waals surface area contributed by atoms with Gasteiger partial charge in [-0.2, -0.15) is 13.2 Å². The monoisotopic (exact) mass is 301 g/mol. The highest BCUT2D eigenvalue weighted by Gasteiger charge is 2.30. The molecular formula is C13H14F3N3S. The van der Waals surface area contributed by atoms with Crippen molar-refractivity contribution in [3.05, 3.63) is 34.8 Å². The van der Waals surface area contributed by atoms with Gasteiger partial charge in [0.1, 0.15) is 10.0 Å². The molecule has 0 saturated heterocycles. The Morgan fingerprint density at radius 1 is 1.25 bits per heavy atom. The van der Waals surface area contributed by atoms with E-state index in [1.165, 1.54) is 17.4 Å². The summed E-state index contributed by atoms with van der Waals surface area (Å²) in [6, 6.07) is 5.16. The molecule has 0 bridgehead atoms. The van der Waals surface area contributed by atoms with E-state index >= 15 is 0 Å². The highest BCUT2D eigenvalue weighted by atomic mass is 32.1. The topological polar surface area (TPSA) is 37.8 Å². The maximum atomic E-state index is 12.7. The number of nitrogens with zero attached hydrogens (tertiary/aromatic N) is 2. The van der Waals surface area contributed by atoms with Gasteiger partial charge in [-0.05, 0) is 18.7 Å². The summed E-state index contributed by atoms with van der Waals surface area (Å²) in [6.07, 6.45) is -3.61. The molecule has 0 aliphatic heterocycles. The number of aromatic nitrogens is 2. The maximum absolute atomic E-state index is 12.7. The maximum Gasteiger partial charge on any atom is 0.416 e. The van der Waals surface area contributed by atoms with Crippen LogP contribution < -0.4 is 5.32 Å². The highest BCUT2D eigenvalue weighted by Crippen LogP contribution is 2.32. The van der Waals surface area contributed by atoms with Crippen molar-refractivity contribution >= 4 is 11.3 Å². The molecule has 0 unspecified atom stereocenters. The van der Waals surface area contributed by atoms with Crippen molar-refractivity contribution < 1.29 is 13.2 Å². The molecule has 1 aromatic carbocycles. The van der Waals surface area contributed by atoms with Crippen LogP contribution in [-0.2, 0) is 12.6 Å². The minimum atomic E-state index is -4.34. The van der Waals surface area contributed by atoms with Crippen LogP contribution in [0.5, 0.6) is 0 Å². The molecule has 0 aliphatic rings. The van der Waals surface area contributed by atoms with Gasteiger partial charge in [0.15, 0.2) is 0 Å². The number of hydrogen-bond donors (Lipinski definition) is 1. The smallest absolute Gasteiger partial charge is 0.317 e. The van der Waals surface area contributed by atoms with Gasteiger partial charge in [-0.3, -0.25) is 0 Å². The van der Waals surface area contributed by atoms with E-state index in [-0.39, 0.29) is 0 Å². The molecule has 7 heteroatoms. The van der Waals surface area contributed by atoms with Gasteiger partial charge >= 0.3 is 6.18 Å². The lowest BCUT2D eigenvalue weighted by Gasteiger charge is -2.06. The lowest BCUT2D eigenvalue weighted by molar-refractivity contribution is -0.137. The predicted octanol–water partition coefficient (Wildman–Crippen LogP) is 3.38. The van der Waals surface area contributed by atoms with E-state index in [1.54, 1.807) is 6.07 Å². The average molecular weight is 301 g/mol. The highest BCUT2D eigenvalue weighted by molar-refractivity contribution is 7.14. The van der Waals surface area contributed by atoms with E-state index in [0.717, 1.165) is 36.7 Å². The van der Waals surface area contributed by atoms with Crippen molar-refractivity contribution in [3.8, 4) is 10.6 Å². The van der Waals surface area contributed by atoms with Gasteiger partial charge < -0.3 is 5.32 Å². The van der Waals surface area contributed by atoms with Gasteiger partial charge in [0.25, 0.3) is 0 Å². The first-order valence-electron chi connectivity index (χ1n) is 6.21. The second-order valence-corrected chi connectivity index (χ2v) is 5.25. The van der Waals surface area contributed by atoms with Crippen LogP contribution in [-0.4, -0.2) is 23.3 Å². The van der Waals surface area contributed by atoms with Gasteiger partial charge in [0.2, 0.25) is 0 Å². The summed E-state index contributed by atoms with van der Waals surface area (Å²) in [7, 11) is 0. The number of benzene rings is 1. The van der Waals surface area contributed by atoms with Crippen molar-refractivity contribution in [1.82, 2.24) is 15.5 Å². The van der Waals surface area contributed by atoms with Crippen molar-refractivity contribution in [1.29, 1.82) is 0 Å². The van der Waals surface area contributed by atoms with Crippen molar-refractivity contribution in [2.75, 3.05) is 13.1 Å². The molecule has 2 aromatic rings. The Bertz CT molecular complexity index is 566. The van der Waals surface area contributed by atoms with Crippen LogP contribution in [0, 0.1) is 0 Å². The second-order valence-electron chi connectivity index (χ2n) is 4.18. The normalized spacial score (nSPS) is 11.8. The van der Waals surface area contributed by atoms with E-state index in [4.69, 9.17) is 0 Å². The van der Waals surface area contributed by atoms with Gasteiger partial charge in [0.05, 0.1) is 5.56 Å². The predicted molar refractivity (Wildman–Crippen MR) is 72.6 cm³/mol. The first-order chi connectivity index (χ1) is 9.50. The Labute approximate surface area is 118 Å². The molecule has 3 nitrogen and oxygen atoms in total. The first kappa shape index (κ1) is 14.9. The fraction of sp³-hybridized carbons (Fsp3) is 0.385. The van der Waals surface area contributed by atoms with E-state index in [2.05, 4.69) is 15.5 Å². The van der Waals surface area contributed by atoms with Crippen molar-refractivity contribution in [2.24, 2.45) is 0 Å². The summed E-state index contributed by atoms with van der Waals surface area (Å²) in [5.74, 6) is 0.